The quantitative estimate of drug-likeness (QED) is 0.122. The Morgan fingerprint density at radius 1 is 0.720 bits per heavy atom. The molecule has 2 aliphatic carbocycles. The van der Waals surface area contributed by atoms with Crippen LogP contribution in [0.1, 0.15) is 33.5 Å². The van der Waals surface area contributed by atoms with E-state index >= 15 is 0 Å². The maximum atomic E-state index is 11.4. The molecule has 0 fully saturated rings. The Balaban J connectivity index is 0.000000164. The number of fused-ring (bicyclic) bond motifs is 4. The zero-order valence-corrected chi connectivity index (χ0v) is 31.1. The van der Waals surface area contributed by atoms with Crippen LogP contribution >= 0.6 is 58.6 Å². The van der Waals surface area contributed by atoms with Gasteiger partial charge >= 0.3 is 0 Å². The third kappa shape index (κ3) is 8.53. The molecule has 4 aromatic carbocycles. The third-order valence-electron chi connectivity index (χ3n) is 7.79. The normalized spacial score (nSPS) is 11.8. The standard InChI is InChI=1S/C18H15Cl2N3O2.C11H12O3.C7H3Cl2NS/c1-24-15-4-9-3-14-17(13(9)8-16(15)25-2)22-23-18(14)21-12-6-10(19)5-11(20)7-12;1-13-10-5-7-3-4-9(12)8(7)6-11(10)14-2;8-5-1-6(9)3-7(2-5)10-4-11/h4-8H,3H2,1-2H3,(H2,21,22,23);5-6H,3-4H2,1-2H3;1-3H. The summed E-state index contributed by atoms with van der Waals surface area (Å²) in [7, 11) is 6.43. The number of hydrogen-bond acceptors (Lipinski definition) is 9. The van der Waals surface area contributed by atoms with Crippen LogP contribution in [0.25, 0.3) is 11.3 Å². The van der Waals surface area contributed by atoms with E-state index in [4.69, 9.17) is 65.4 Å². The number of halogens is 4. The van der Waals surface area contributed by atoms with E-state index in [1.165, 1.54) is 0 Å². The number of aromatic nitrogens is 2. The minimum atomic E-state index is 0.195. The molecule has 2 N–H and O–H groups in total. The molecule has 0 saturated heterocycles. The van der Waals surface area contributed by atoms with Crippen molar-refractivity contribution in [3.63, 3.8) is 0 Å². The molecule has 1 aromatic heterocycles. The number of isothiocyanates is 1. The lowest BCUT2D eigenvalue weighted by Gasteiger charge is -2.10. The highest BCUT2D eigenvalue weighted by Gasteiger charge is 2.27. The fourth-order valence-electron chi connectivity index (χ4n) is 5.54. The van der Waals surface area contributed by atoms with Crippen molar-refractivity contribution in [3.05, 3.63) is 103 Å². The fraction of sp³-hybridized carbons (Fsp3) is 0.194. The molecule has 50 heavy (non-hydrogen) atoms. The Hall–Kier alpha value is -4.28. The van der Waals surface area contributed by atoms with E-state index in [9.17, 15) is 4.79 Å². The summed E-state index contributed by atoms with van der Waals surface area (Å²) in [6, 6.07) is 17.9. The van der Waals surface area contributed by atoms with Crippen molar-refractivity contribution in [3.8, 4) is 34.3 Å². The first-order valence-corrected chi connectivity index (χ1v) is 16.9. The number of aliphatic imine (C=N–C) groups is 1. The SMILES string of the molecule is COc1cc2c(cc1OC)-c1[nH]nc(Nc3cc(Cl)cc(Cl)c3)c1C2.COc1cc2c(cc1OC)C(=O)CC2.S=C=Nc1cc(Cl)cc(Cl)c1. The van der Waals surface area contributed by atoms with Crippen molar-refractivity contribution in [1.82, 2.24) is 10.2 Å². The lowest BCUT2D eigenvalue weighted by atomic mass is 10.1. The van der Waals surface area contributed by atoms with Gasteiger partial charge in [-0.15, -0.1) is 0 Å². The number of thiocarbonyl (C=S) groups is 1. The average molecular weight is 773 g/mol. The first-order valence-electron chi connectivity index (χ1n) is 14.9. The van der Waals surface area contributed by atoms with Crippen LogP contribution in [0.15, 0.2) is 65.7 Å². The van der Waals surface area contributed by atoms with Crippen molar-refractivity contribution in [1.29, 1.82) is 0 Å². The van der Waals surface area contributed by atoms with E-state index < -0.39 is 0 Å². The van der Waals surface area contributed by atoms with Crippen molar-refractivity contribution in [2.24, 2.45) is 4.99 Å². The van der Waals surface area contributed by atoms with Crippen LogP contribution in [0.2, 0.25) is 20.1 Å². The molecule has 0 bridgehead atoms. The minimum absolute atomic E-state index is 0.195. The summed E-state index contributed by atoms with van der Waals surface area (Å²) in [5.41, 5.74) is 7.55. The second-order valence-corrected chi connectivity index (χ2v) is 12.8. The Kier molecular flexibility index (Phi) is 12.3. The lowest BCUT2D eigenvalue weighted by molar-refractivity contribution is 0.0994. The van der Waals surface area contributed by atoms with Crippen molar-refractivity contribution in [2.45, 2.75) is 19.3 Å². The number of hydrogen-bond donors (Lipinski definition) is 2. The first-order chi connectivity index (χ1) is 24.1. The Bertz CT molecular complexity index is 2080. The molecule has 0 unspecified atom stereocenters. The monoisotopic (exact) mass is 770 g/mol. The summed E-state index contributed by atoms with van der Waals surface area (Å²) in [5.74, 6) is 3.68. The van der Waals surface area contributed by atoms with E-state index in [0.717, 1.165) is 63.6 Å². The average Bonchev–Trinajstić information content (AvgIpc) is 3.76. The van der Waals surface area contributed by atoms with Crippen LogP contribution in [0.5, 0.6) is 23.0 Å². The van der Waals surface area contributed by atoms with Crippen LogP contribution in [0, 0.1) is 0 Å². The minimum Gasteiger partial charge on any atom is -0.493 e. The van der Waals surface area contributed by atoms with Gasteiger partial charge in [0.05, 0.1) is 45.0 Å². The summed E-state index contributed by atoms with van der Waals surface area (Å²) in [6.07, 6.45) is 2.17. The molecule has 7 rings (SSSR count). The number of ketones is 1. The second-order valence-electron chi connectivity index (χ2n) is 10.9. The molecule has 0 spiro atoms. The van der Waals surface area contributed by atoms with Gasteiger partial charge < -0.3 is 24.3 Å². The molecule has 0 amide bonds. The summed E-state index contributed by atoms with van der Waals surface area (Å²) >= 11 is 27.9. The number of methoxy groups -OCH3 is 4. The van der Waals surface area contributed by atoms with Crippen molar-refractivity contribution < 1.29 is 23.7 Å². The van der Waals surface area contributed by atoms with Gasteiger partial charge in [-0.25, -0.2) is 0 Å². The first kappa shape index (κ1) is 37.0. The van der Waals surface area contributed by atoms with Crippen LogP contribution in [-0.4, -0.2) is 49.6 Å². The molecule has 258 valence electrons. The number of rotatable bonds is 7. The molecule has 0 aliphatic heterocycles. The van der Waals surface area contributed by atoms with E-state index in [1.54, 1.807) is 58.8 Å². The largest absolute Gasteiger partial charge is 0.493 e. The number of carbonyl (C=O) groups is 1. The van der Waals surface area contributed by atoms with E-state index in [0.29, 0.717) is 49.4 Å². The number of H-pyrrole nitrogens is 1. The molecule has 5 aromatic rings. The second kappa shape index (κ2) is 16.6. The number of anilines is 2. The lowest BCUT2D eigenvalue weighted by Crippen LogP contribution is -1.96. The maximum absolute atomic E-state index is 11.4. The highest BCUT2D eigenvalue weighted by atomic mass is 35.5. The van der Waals surface area contributed by atoms with Gasteiger partial charge in [-0.2, -0.15) is 10.1 Å². The summed E-state index contributed by atoms with van der Waals surface area (Å²) < 4.78 is 21.1. The summed E-state index contributed by atoms with van der Waals surface area (Å²) in [6.45, 7) is 0. The Morgan fingerprint density at radius 3 is 1.80 bits per heavy atom. The smallest absolute Gasteiger partial charge is 0.163 e. The number of aryl methyl sites for hydroxylation is 1. The van der Waals surface area contributed by atoms with Crippen molar-refractivity contribution >= 4 is 86.8 Å². The summed E-state index contributed by atoms with van der Waals surface area (Å²) in [4.78, 5) is 15.2. The van der Waals surface area contributed by atoms with Gasteiger partial charge in [0.25, 0.3) is 0 Å². The molecule has 0 atom stereocenters. The van der Waals surface area contributed by atoms with Crippen LogP contribution < -0.4 is 24.3 Å². The molecule has 2 aliphatic rings. The molecule has 9 nitrogen and oxygen atoms in total. The topological polar surface area (TPSA) is 107 Å². The number of Topliss-reactive ketones (excluding diaryl/α,β-unsaturated/α-hetero) is 1. The van der Waals surface area contributed by atoms with Gasteiger partial charge in [-0.3, -0.25) is 9.89 Å². The molecule has 1 heterocycles. The van der Waals surface area contributed by atoms with Crippen LogP contribution in [0.3, 0.4) is 0 Å². The molecule has 0 saturated carbocycles. The van der Waals surface area contributed by atoms with E-state index in [2.05, 4.69) is 37.9 Å². The fourth-order valence-corrected chi connectivity index (χ4v) is 6.69. The van der Waals surface area contributed by atoms with Crippen molar-refractivity contribution in [2.75, 3.05) is 33.8 Å². The van der Waals surface area contributed by atoms with Gasteiger partial charge in [-0.05, 0) is 90.4 Å². The zero-order chi connectivity index (χ0) is 35.9. The summed E-state index contributed by atoms with van der Waals surface area (Å²) in [5, 5.41) is 15.2. The number of benzene rings is 4. The van der Waals surface area contributed by atoms with E-state index in [1.807, 2.05) is 30.3 Å². The number of carbonyl (C=O) groups excluding carboxylic acids is 1. The molecule has 0 radical (unpaired) electrons. The predicted molar refractivity (Wildman–Crippen MR) is 203 cm³/mol. The van der Waals surface area contributed by atoms with E-state index in [-0.39, 0.29) is 5.78 Å². The van der Waals surface area contributed by atoms with Gasteiger partial charge in [0.2, 0.25) is 0 Å². The zero-order valence-electron chi connectivity index (χ0n) is 27.3. The van der Waals surface area contributed by atoms with Crippen LogP contribution in [-0.2, 0) is 12.8 Å². The maximum Gasteiger partial charge on any atom is 0.163 e. The molecular weight excluding hydrogens is 742 g/mol. The van der Waals surface area contributed by atoms with Gasteiger partial charge in [-0.1, -0.05) is 46.4 Å². The highest BCUT2D eigenvalue weighted by molar-refractivity contribution is 7.78. The Morgan fingerprint density at radius 2 is 1.24 bits per heavy atom. The predicted octanol–water partition coefficient (Wildman–Crippen LogP) is 10.6. The number of nitrogens with zero attached hydrogens (tertiary/aromatic N) is 2. The Labute approximate surface area is 314 Å². The van der Waals surface area contributed by atoms with Gasteiger partial charge in [0.1, 0.15) is 0 Å². The highest BCUT2D eigenvalue weighted by Crippen LogP contribution is 2.44. The third-order valence-corrected chi connectivity index (χ3v) is 8.76. The van der Waals surface area contributed by atoms with Gasteiger partial charge in [0, 0.05) is 55.3 Å². The molecule has 14 heteroatoms. The number of ether oxygens (including phenoxy) is 4. The molecular formula is C36H30Cl4N4O5S. The van der Waals surface area contributed by atoms with Crippen LogP contribution in [0.4, 0.5) is 17.2 Å². The number of aromatic amines is 1. The number of nitrogens with one attached hydrogen (secondary N) is 2. The van der Waals surface area contributed by atoms with Gasteiger partial charge in [0.15, 0.2) is 34.6 Å².